The van der Waals surface area contributed by atoms with E-state index in [1.54, 1.807) is 0 Å². The van der Waals surface area contributed by atoms with Gasteiger partial charge >= 0.3 is 0 Å². The lowest BCUT2D eigenvalue weighted by Gasteiger charge is -2.31. The van der Waals surface area contributed by atoms with Crippen LogP contribution in [0.15, 0.2) is 0 Å². The molecule has 1 fully saturated rings. The molecule has 13 heavy (non-hydrogen) atoms. The van der Waals surface area contributed by atoms with Crippen molar-refractivity contribution in [3.63, 3.8) is 0 Å². The van der Waals surface area contributed by atoms with E-state index in [-0.39, 0.29) is 0 Å². The zero-order valence-electron chi connectivity index (χ0n) is 8.55. The third-order valence-corrected chi connectivity index (χ3v) is 2.66. The van der Waals surface area contributed by atoms with E-state index < -0.39 is 0 Å². The molecule has 74 valence electrons. The SMILES string of the molecule is CC#CCN1CCCC(CCN)C1. The molecule has 0 aromatic heterocycles. The Morgan fingerprint density at radius 1 is 1.54 bits per heavy atom. The molecular weight excluding hydrogens is 160 g/mol. The van der Waals surface area contributed by atoms with Gasteiger partial charge in [-0.2, -0.15) is 0 Å². The van der Waals surface area contributed by atoms with Gasteiger partial charge in [0.05, 0.1) is 6.54 Å². The monoisotopic (exact) mass is 180 g/mol. The topological polar surface area (TPSA) is 29.3 Å². The van der Waals surface area contributed by atoms with Crippen molar-refractivity contribution in [2.75, 3.05) is 26.2 Å². The van der Waals surface area contributed by atoms with Gasteiger partial charge in [0.15, 0.2) is 0 Å². The molecule has 0 saturated carbocycles. The van der Waals surface area contributed by atoms with E-state index in [4.69, 9.17) is 5.73 Å². The van der Waals surface area contributed by atoms with Gasteiger partial charge in [-0.3, -0.25) is 4.90 Å². The highest BCUT2D eigenvalue weighted by molar-refractivity contribution is 4.98. The van der Waals surface area contributed by atoms with E-state index in [0.717, 1.165) is 19.0 Å². The quantitative estimate of drug-likeness (QED) is 0.658. The van der Waals surface area contributed by atoms with Gasteiger partial charge in [-0.05, 0) is 45.2 Å². The van der Waals surface area contributed by atoms with Crippen LogP contribution in [0.3, 0.4) is 0 Å². The van der Waals surface area contributed by atoms with E-state index >= 15 is 0 Å². The van der Waals surface area contributed by atoms with Crippen LogP contribution in [0.5, 0.6) is 0 Å². The summed E-state index contributed by atoms with van der Waals surface area (Å²) in [6, 6.07) is 0. The van der Waals surface area contributed by atoms with Crippen LogP contribution in [-0.4, -0.2) is 31.1 Å². The first-order chi connectivity index (χ1) is 6.36. The maximum atomic E-state index is 5.56. The second kappa shape index (κ2) is 6.01. The molecule has 2 heteroatoms. The van der Waals surface area contributed by atoms with E-state index in [1.807, 2.05) is 6.92 Å². The molecule has 0 bridgehead atoms. The molecule has 0 radical (unpaired) electrons. The predicted molar refractivity (Wildman–Crippen MR) is 56.3 cm³/mol. The lowest BCUT2D eigenvalue weighted by molar-refractivity contribution is 0.188. The fourth-order valence-electron chi connectivity index (χ4n) is 1.96. The molecule has 0 aromatic carbocycles. The Bertz CT molecular complexity index is 188. The van der Waals surface area contributed by atoms with Gasteiger partial charge in [-0.25, -0.2) is 0 Å². The normalized spacial score (nSPS) is 23.7. The van der Waals surface area contributed by atoms with Crippen LogP contribution in [0.25, 0.3) is 0 Å². The Morgan fingerprint density at radius 2 is 2.38 bits per heavy atom. The third kappa shape index (κ3) is 3.80. The van der Waals surface area contributed by atoms with Crippen LogP contribution in [0.2, 0.25) is 0 Å². The summed E-state index contributed by atoms with van der Waals surface area (Å²) in [4.78, 5) is 2.44. The molecule has 2 N–H and O–H groups in total. The average Bonchev–Trinajstić information content (AvgIpc) is 2.16. The first-order valence-electron chi connectivity index (χ1n) is 5.19. The fourth-order valence-corrected chi connectivity index (χ4v) is 1.96. The largest absolute Gasteiger partial charge is 0.330 e. The van der Waals surface area contributed by atoms with Crippen LogP contribution in [-0.2, 0) is 0 Å². The molecule has 0 aromatic rings. The molecule has 0 amide bonds. The second-order valence-corrected chi connectivity index (χ2v) is 3.75. The summed E-state index contributed by atoms with van der Waals surface area (Å²) in [6.07, 6.45) is 3.85. The number of rotatable bonds is 3. The van der Waals surface area contributed by atoms with Crippen molar-refractivity contribution in [3.8, 4) is 11.8 Å². The van der Waals surface area contributed by atoms with E-state index in [0.29, 0.717) is 0 Å². The highest BCUT2D eigenvalue weighted by atomic mass is 15.1. The Morgan fingerprint density at radius 3 is 3.08 bits per heavy atom. The van der Waals surface area contributed by atoms with E-state index in [9.17, 15) is 0 Å². The summed E-state index contributed by atoms with van der Waals surface area (Å²) in [6.45, 7) is 6.10. The minimum absolute atomic E-state index is 0.817. The van der Waals surface area contributed by atoms with Crippen molar-refractivity contribution >= 4 is 0 Å². The maximum absolute atomic E-state index is 5.56. The number of hydrogen-bond acceptors (Lipinski definition) is 2. The van der Waals surface area contributed by atoms with Crippen molar-refractivity contribution in [2.45, 2.75) is 26.2 Å². The predicted octanol–water partition coefficient (Wildman–Crippen LogP) is 1.07. The molecule has 2 nitrogen and oxygen atoms in total. The molecule has 1 saturated heterocycles. The second-order valence-electron chi connectivity index (χ2n) is 3.75. The average molecular weight is 180 g/mol. The fraction of sp³-hybridized carbons (Fsp3) is 0.818. The minimum Gasteiger partial charge on any atom is -0.330 e. The lowest BCUT2D eigenvalue weighted by atomic mass is 9.95. The number of hydrogen-bond donors (Lipinski definition) is 1. The van der Waals surface area contributed by atoms with E-state index in [1.165, 1.54) is 32.4 Å². The van der Waals surface area contributed by atoms with Crippen molar-refractivity contribution in [2.24, 2.45) is 11.7 Å². The summed E-state index contributed by atoms with van der Waals surface area (Å²) in [7, 11) is 0. The molecule has 1 unspecified atom stereocenters. The first kappa shape index (κ1) is 10.6. The summed E-state index contributed by atoms with van der Waals surface area (Å²) in [5.74, 6) is 6.89. The van der Waals surface area contributed by atoms with Gasteiger partial charge in [0.2, 0.25) is 0 Å². The van der Waals surface area contributed by atoms with Gasteiger partial charge in [0.1, 0.15) is 0 Å². The van der Waals surface area contributed by atoms with Crippen LogP contribution in [0.1, 0.15) is 26.2 Å². The summed E-state index contributed by atoms with van der Waals surface area (Å²) in [5, 5.41) is 0. The Balaban J connectivity index is 2.27. The standard InChI is InChI=1S/C11H20N2/c1-2-3-8-13-9-4-5-11(10-13)6-7-12/h11H,4-10,12H2,1H3. The summed E-state index contributed by atoms with van der Waals surface area (Å²) >= 11 is 0. The zero-order valence-corrected chi connectivity index (χ0v) is 8.55. The third-order valence-electron chi connectivity index (χ3n) is 2.66. The molecule has 1 aliphatic heterocycles. The molecule has 0 spiro atoms. The van der Waals surface area contributed by atoms with Crippen molar-refractivity contribution in [3.05, 3.63) is 0 Å². The summed E-state index contributed by atoms with van der Waals surface area (Å²) in [5.41, 5.74) is 5.56. The van der Waals surface area contributed by atoms with Crippen LogP contribution in [0.4, 0.5) is 0 Å². The number of nitrogens with two attached hydrogens (primary N) is 1. The van der Waals surface area contributed by atoms with Crippen molar-refractivity contribution in [1.29, 1.82) is 0 Å². The van der Waals surface area contributed by atoms with Gasteiger partial charge in [-0.15, -0.1) is 5.92 Å². The molecule has 1 heterocycles. The van der Waals surface area contributed by atoms with Crippen molar-refractivity contribution in [1.82, 2.24) is 4.90 Å². The Kier molecular flexibility index (Phi) is 4.88. The van der Waals surface area contributed by atoms with Crippen LogP contribution in [0, 0.1) is 17.8 Å². The Labute approximate surface area is 81.5 Å². The highest BCUT2D eigenvalue weighted by Crippen LogP contribution is 2.18. The van der Waals surface area contributed by atoms with Crippen LogP contribution < -0.4 is 5.73 Å². The molecular formula is C11H20N2. The smallest absolute Gasteiger partial charge is 0.0601 e. The zero-order chi connectivity index (χ0) is 9.52. The van der Waals surface area contributed by atoms with E-state index in [2.05, 4.69) is 16.7 Å². The number of piperidine rings is 1. The first-order valence-corrected chi connectivity index (χ1v) is 5.19. The van der Waals surface area contributed by atoms with Crippen LogP contribution >= 0.6 is 0 Å². The lowest BCUT2D eigenvalue weighted by Crippen LogP contribution is -2.36. The van der Waals surface area contributed by atoms with Gasteiger partial charge in [-0.1, -0.05) is 5.92 Å². The maximum Gasteiger partial charge on any atom is 0.0601 e. The van der Waals surface area contributed by atoms with Crippen molar-refractivity contribution < 1.29 is 0 Å². The van der Waals surface area contributed by atoms with Gasteiger partial charge in [0.25, 0.3) is 0 Å². The van der Waals surface area contributed by atoms with Gasteiger partial charge < -0.3 is 5.73 Å². The molecule has 1 atom stereocenters. The highest BCUT2D eigenvalue weighted by Gasteiger charge is 2.17. The number of likely N-dealkylation sites (tertiary alicyclic amines) is 1. The summed E-state index contributed by atoms with van der Waals surface area (Å²) < 4.78 is 0. The molecule has 1 aliphatic rings. The molecule has 1 rings (SSSR count). The number of nitrogens with zero attached hydrogens (tertiary/aromatic N) is 1. The molecule has 0 aliphatic carbocycles. The minimum atomic E-state index is 0.817. The van der Waals surface area contributed by atoms with Gasteiger partial charge in [0, 0.05) is 6.54 Å². The Hall–Kier alpha value is -0.520.